The van der Waals surface area contributed by atoms with E-state index < -0.39 is 0 Å². The summed E-state index contributed by atoms with van der Waals surface area (Å²) in [5, 5.41) is 9.99. The highest BCUT2D eigenvalue weighted by molar-refractivity contribution is 5.30. The third-order valence-corrected chi connectivity index (χ3v) is 3.57. The molecule has 0 amide bonds. The van der Waals surface area contributed by atoms with Gasteiger partial charge in [0.05, 0.1) is 6.10 Å². The molecule has 0 saturated heterocycles. The van der Waals surface area contributed by atoms with Crippen molar-refractivity contribution in [3.05, 3.63) is 34.9 Å². The Morgan fingerprint density at radius 3 is 2.75 bits per heavy atom. The summed E-state index contributed by atoms with van der Waals surface area (Å²) < 4.78 is 0. The van der Waals surface area contributed by atoms with E-state index in [4.69, 9.17) is 0 Å². The van der Waals surface area contributed by atoms with E-state index in [1.807, 2.05) is 0 Å². The smallest absolute Gasteiger partial charge is 0.0580 e. The first-order valence-electron chi connectivity index (χ1n) is 6.39. The number of hydrogen-bond acceptors (Lipinski definition) is 1. The quantitative estimate of drug-likeness (QED) is 0.803. The minimum atomic E-state index is -0.152. The molecule has 1 fully saturated rings. The van der Waals surface area contributed by atoms with Crippen molar-refractivity contribution in [1.29, 1.82) is 0 Å². The molecular weight excluding hydrogens is 196 g/mol. The van der Waals surface area contributed by atoms with Gasteiger partial charge in [0.1, 0.15) is 0 Å². The Morgan fingerprint density at radius 1 is 1.31 bits per heavy atom. The molecule has 0 radical (unpaired) electrons. The van der Waals surface area contributed by atoms with E-state index in [0.717, 1.165) is 18.8 Å². The monoisotopic (exact) mass is 218 g/mol. The van der Waals surface area contributed by atoms with E-state index in [2.05, 4.69) is 32.0 Å². The molecule has 1 aliphatic rings. The van der Waals surface area contributed by atoms with Crippen LogP contribution < -0.4 is 0 Å². The summed E-state index contributed by atoms with van der Waals surface area (Å²) in [7, 11) is 0. The van der Waals surface area contributed by atoms with Gasteiger partial charge in [0.25, 0.3) is 0 Å². The number of benzene rings is 1. The van der Waals surface area contributed by atoms with Crippen LogP contribution >= 0.6 is 0 Å². The van der Waals surface area contributed by atoms with Crippen LogP contribution in [0.15, 0.2) is 18.2 Å². The van der Waals surface area contributed by atoms with Crippen molar-refractivity contribution in [2.75, 3.05) is 0 Å². The number of hydrogen-bond donors (Lipinski definition) is 1. The van der Waals surface area contributed by atoms with Crippen LogP contribution in [0.25, 0.3) is 0 Å². The maximum atomic E-state index is 9.99. The van der Waals surface area contributed by atoms with Crippen LogP contribution in [0.1, 0.15) is 42.4 Å². The third-order valence-electron chi connectivity index (χ3n) is 3.57. The Hall–Kier alpha value is -0.820. The fraction of sp³-hybridized carbons (Fsp3) is 0.600. The summed E-state index contributed by atoms with van der Waals surface area (Å²) in [6.07, 6.45) is 5.62. The van der Waals surface area contributed by atoms with E-state index in [9.17, 15) is 5.11 Å². The summed E-state index contributed by atoms with van der Waals surface area (Å²) >= 11 is 0. The first-order valence-corrected chi connectivity index (χ1v) is 6.39. The molecule has 1 aromatic carbocycles. The fourth-order valence-electron chi connectivity index (χ4n) is 2.21. The van der Waals surface area contributed by atoms with Crippen molar-refractivity contribution in [3.63, 3.8) is 0 Å². The Morgan fingerprint density at radius 2 is 2.06 bits per heavy atom. The largest absolute Gasteiger partial charge is 0.393 e. The minimum Gasteiger partial charge on any atom is -0.393 e. The summed E-state index contributed by atoms with van der Waals surface area (Å²) in [5.74, 6) is 0.924. The van der Waals surface area contributed by atoms with Crippen molar-refractivity contribution >= 4 is 0 Å². The number of aliphatic hydroxyl groups excluding tert-OH is 1. The molecule has 16 heavy (non-hydrogen) atoms. The summed E-state index contributed by atoms with van der Waals surface area (Å²) in [5.41, 5.74) is 3.90. The van der Waals surface area contributed by atoms with Crippen LogP contribution in [-0.4, -0.2) is 11.2 Å². The molecule has 1 nitrogen and oxygen atoms in total. The molecule has 2 rings (SSSR count). The highest BCUT2D eigenvalue weighted by atomic mass is 16.3. The number of aryl methyl sites for hydroxylation is 2. The van der Waals surface area contributed by atoms with Gasteiger partial charge < -0.3 is 5.11 Å². The summed E-state index contributed by atoms with van der Waals surface area (Å²) in [6.45, 7) is 4.24. The SMILES string of the molecule is Cc1ccc(C)c(CC(O)CCC2CC2)c1. The lowest BCUT2D eigenvalue weighted by Crippen LogP contribution is -2.11. The molecular formula is C15H22O. The zero-order chi connectivity index (χ0) is 11.5. The van der Waals surface area contributed by atoms with Gasteiger partial charge in [0.15, 0.2) is 0 Å². The number of rotatable bonds is 5. The van der Waals surface area contributed by atoms with Crippen LogP contribution in [0.2, 0.25) is 0 Å². The lowest BCUT2D eigenvalue weighted by molar-refractivity contribution is 0.159. The molecule has 0 heterocycles. The van der Waals surface area contributed by atoms with Crippen molar-refractivity contribution in [1.82, 2.24) is 0 Å². The lowest BCUT2D eigenvalue weighted by atomic mass is 9.98. The van der Waals surface area contributed by atoms with Gasteiger partial charge >= 0.3 is 0 Å². The molecule has 88 valence electrons. The fourth-order valence-corrected chi connectivity index (χ4v) is 2.21. The van der Waals surface area contributed by atoms with Gasteiger partial charge in [-0.2, -0.15) is 0 Å². The average molecular weight is 218 g/mol. The second-order valence-electron chi connectivity index (χ2n) is 5.31. The molecule has 1 aliphatic carbocycles. The lowest BCUT2D eigenvalue weighted by Gasteiger charge is -2.13. The maximum Gasteiger partial charge on any atom is 0.0580 e. The number of aliphatic hydroxyl groups is 1. The van der Waals surface area contributed by atoms with Crippen LogP contribution in [-0.2, 0) is 6.42 Å². The first kappa shape index (κ1) is 11.7. The van der Waals surface area contributed by atoms with Gasteiger partial charge in [-0.1, -0.05) is 36.6 Å². The topological polar surface area (TPSA) is 20.2 Å². The Bertz CT molecular complexity index is 352. The molecule has 0 bridgehead atoms. The van der Waals surface area contributed by atoms with Crippen molar-refractivity contribution in [3.8, 4) is 0 Å². The Balaban J connectivity index is 1.88. The van der Waals surface area contributed by atoms with Gasteiger partial charge in [0, 0.05) is 0 Å². The van der Waals surface area contributed by atoms with E-state index in [1.165, 1.54) is 36.0 Å². The molecule has 0 aromatic heterocycles. The first-order chi connectivity index (χ1) is 7.65. The van der Waals surface area contributed by atoms with Crippen LogP contribution in [0.5, 0.6) is 0 Å². The molecule has 1 aromatic rings. The standard InChI is InChI=1S/C15H22O/c1-11-3-4-12(2)14(9-11)10-15(16)8-7-13-5-6-13/h3-4,9,13,15-16H,5-8,10H2,1-2H3. The van der Waals surface area contributed by atoms with E-state index >= 15 is 0 Å². The molecule has 0 aliphatic heterocycles. The molecule has 1 heteroatoms. The van der Waals surface area contributed by atoms with Gasteiger partial charge in [-0.25, -0.2) is 0 Å². The van der Waals surface area contributed by atoms with Crippen LogP contribution in [0.3, 0.4) is 0 Å². The zero-order valence-electron chi connectivity index (χ0n) is 10.4. The van der Waals surface area contributed by atoms with Crippen LogP contribution in [0, 0.1) is 19.8 Å². The minimum absolute atomic E-state index is 0.152. The second-order valence-corrected chi connectivity index (χ2v) is 5.31. The van der Waals surface area contributed by atoms with Crippen molar-refractivity contribution in [2.45, 2.75) is 52.1 Å². The zero-order valence-corrected chi connectivity index (χ0v) is 10.4. The molecule has 1 saturated carbocycles. The second kappa shape index (κ2) is 5.01. The van der Waals surface area contributed by atoms with Gasteiger partial charge in [0.2, 0.25) is 0 Å². The van der Waals surface area contributed by atoms with Gasteiger partial charge in [-0.3, -0.25) is 0 Å². The predicted molar refractivity (Wildman–Crippen MR) is 67.6 cm³/mol. The van der Waals surface area contributed by atoms with Crippen molar-refractivity contribution < 1.29 is 5.11 Å². The maximum absolute atomic E-state index is 9.99. The third kappa shape index (κ3) is 3.34. The van der Waals surface area contributed by atoms with Gasteiger partial charge in [-0.05, 0) is 50.2 Å². The molecule has 0 spiro atoms. The van der Waals surface area contributed by atoms with Crippen LogP contribution in [0.4, 0.5) is 0 Å². The van der Waals surface area contributed by atoms with E-state index in [-0.39, 0.29) is 6.10 Å². The Kier molecular flexibility index (Phi) is 3.65. The summed E-state index contributed by atoms with van der Waals surface area (Å²) in [4.78, 5) is 0. The Labute approximate surface area is 98.5 Å². The highest BCUT2D eigenvalue weighted by Crippen LogP contribution is 2.34. The van der Waals surface area contributed by atoms with E-state index in [1.54, 1.807) is 0 Å². The molecule has 1 atom stereocenters. The predicted octanol–water partition coefficient (Wildman–Crippen LogP) is 3.40. The normalized spacial score (nSPS) is 17.4. The average Bonchev–Trinajstić information content (AvgIpc) is 3.04. The van der Waals surface area contributed by atoms with E-state index in [0.29, 0.717) is 0 Å². The molecule has 1 N–H and O–H groups in total. The van der Waals surface area contributed by atoms with Crippen molar-refractivity contribution in [2.24, 2.45) is 5.92 Å². The van der Waals surface area contributed by atoms with Gasteiger partial charge in [-0.15, -0.1) is 0 Å². The highest BCUT2D eigenvalue weighted by Gasteiger charge is 2.22. The summed E-state index contributed by atoms with van der Waals surface area (Å²) in [6, 6.07) is 6.49. The molecule has 1 unspecified atom stereocenters.